The fourth-order valence-electron chi connectivity index (χ4n) is 2.83. The van der Waals surface area contributed by atoms with Gasteiger partial charge >= 0.3 is 0 Å². The number of nitrogens with zero attached hydrogens (tertiary/aromatic N) is 2. The van der Waals surface area contributed by atoms with Crippen LogP contribution in [0.15, 0.2) is 18.3 Å². The zero-order chi connectivity index (χ0) is 18.7. The molecule has 25 heavy (non-hydrogen) atoms. The molecule has 1 saturated heterocycles. The Hall–Kier alpha value is -1.24. The van der Waals surface area contributed by atoms with Crippen molar-refractivity contribution >= 4 is 14.2 Å². The van der Waals surface area contributed by atoms with Gasteiger partial charge in [-0.3, -0.25) is 9.78 Å². The number of hydrogen-bond acceptors (Lipinski definition) is 4. The summed E-state index contributed by atoms with van der Waals surface area (Å²) in [6, 6.07) is 3.53. The fourth-order valence-corrected chi connectivity index (χ4v) is 3.76. The molecule has 2 rings (SSSR count). The summed E-state index contributed by atoms with van der Waals surface area (Å²) in [5, 5.41) is 9.71. The molecule has 2 heterocycles. The van der Waals surface area contributed by atoms with Gasteiger partial charge in [0, 0.05) is 12.7 Å². The molecule has 0 spiro atoms. The van der Waals surface area contributed by atoms with Gasteiger partial charge in [-0.05, 0) is 49.5 Å². The summed E-state index contributed by atoms with van der Waals surface area (Å²) in [6.07, 6.45) is 4.61. The van der Waals surface area contributed by atoms with E-state index < -0.39 is 8.32 Å². The lowest BCUT2D eigenvalue weighted by Gasteiger charge is -2.37. The van der Waals surface area contributed by atoms with E-state index in [9.17, 15) is 9.90 Å². The molecule has 0 bridgehead atoms. The van der Waals surface area contributed by atoms with Gasteiger partial charge in [0.25, 0.3) is 5.91 Å². The first-order valence-electron chi connectivity index (χ1n) is 9.17. The molecule has 140 valence electrons. The van der Waals surface area contributed by atoms with Gasteiger partial charge in [0.1, 0.15) is 0 Å². The molecule has 1 aliphatic rings. The highest BCUT2D eigenvalue weighted by atomic mass is 28.4. The number of likely N-dealkylation sites (tertiary alicyclic amines) is 1. The SMILES string of the molecule is CC(C)(C)[Si](C)(C)OCc1ncccc1C(=O)N1CCCC[C@H]1CO. The second-order valence-electron chi connectivity index (χ2n) is 8.38. The second kappa shape index (κ2) is 7.97. The molecular formula is C19H32N2O3Si. The number of aliphatic hydroxyl groups excluding tert-OH is 1. The van der Waals surface area contributed by atoms with E-state index in [4.69, 9.17) is 4.43 Å². The normalized spacial score (nSPS) is 19.1. The fraction of sp³-hybridized carbons (Fsp3) is 0.684. The van der Waals surface area contributed by atoms with Gasteiger partial charge in [-0.25, -0.2) is 0 Å². The number of amides is 1. The highest BCUT2D eigenvalue weighted by Crippen LogP contribution is 2.37. The number of carbonyl (C=O) groups is 1. The van der Waals surface area contributed by atoms with Crippen LogP contribution in [0.2, 0.25) is 18.1 Å². The molecule has 1 atom stereocenters. The molecule has 0 radical (unpaired) electrons. The molecule has 0 aliphatic carbocycles. The van der Waals surface area contributed by atoms with E-state index in [0.717, 1.165) is 19.3 Å². The topological polar surface area (TPSA) is 62.7 Å². The Bertz CT molecular complexity index is 599. The molecule has 6 heteroatoms. The Morgan fingerprint density at radius 2 is 2.12 bits per heavy atom. The van der Waals surface area contributed by atoms with Crippen molar-refractivity contribution in [2.24, 2.45) is 0 Å². The van der Waals surface area contributed by atoms with Crippen molar-refractivity contribution in [3.8, 4) is 0 Å². The van der Waals surface area contributed by atoms with Crippen molar-refractivity contribution in [2.45, 2.75) is 70.8 Å². The third-order valence-corrected chi connectivity index (χ3v) is 10.1. The van der Waals surface area contributed by atoms with Crippen molar-refractivity contribution in [3.05, 3.63) is 29.6 Å². The Labute approximate surface area is 152 Å². The lowest BCUT2D eigenvalue weighted by Crippen LogP contribution is -2.46. The van der Waals surface area contributed by atoms with Crippen molar-refractivity contribution in [3.63, 3.8) is 0 Å². The lowest BCUT2D eigenvalue weighted by molar-refractivity contribution is 0.0499. The van der Waals surface area contributed by atoms with E-state index in [-0.39, 0.29) is 23.6 Å². The van der Waals surface area contributed by atoms with Gasteiger partial charge in [-0.1, -0.05) is 20.8 Å². The third-order valence-electron chi connectivity index (χ3n) is 5.60. The minimum atomic E-state index is -1.91. The molecule has 1 aromatic heterocycles. The second-order valence-corrected chi connectivity index (χ2v) is 13.2. The smallest absolute Gasteiger partial charge is 0.256 e. The molecular weight excluding hydrogens is 332 g/mol. The average molecular weight is 365 g/mol. The van der Waals surface area contributed by atoms with Crippen LogP contribution in [0.4, 0.5) is 0 Å². The highest BCUT2D eigenvalue weighted by molar-refractivity contribution is 6.74. The maximum atomic E-state index is 13.0. The van der Waals surface area contributed by atoms with Crippen molar-refractivity contribution < 1.29 is 14.3 Å². The van der Waals surface area contributed by atoms with Crippen LogP contribution < -0.4 is 0 Å². The van der Waals surface area contributed by atoms with Crippen LogP contribution >= 0.6 is 0 Å². The van der Waals surface area contributed by atoms with Crippen LogP contribution in [0.1, 0.15) is 56.1 Å². The van der Waals surface area contributed by atoms with Gasteiger partial charge in [0.2, 0.25) is 0 Å². The van der Waals surface area contributed by atoms with Crippen LogP contribution in [-0.2, 0) is 11.0 Å². The molecule has 0 unspecified atom stereocenters. The first-order valence-corrected chi connectivity index (χ1v) is 12.1. The summed E-state index contributed by atoms with van der Waals surface area (Å²) in [7, 11) is -1.91. The highest BCUT2D eigenvalue weighted by Gasteiger charge is 2.37. The molecule has 1 fully saturated rings. The summed E-state index contributed by atoms with van der Waals surface area (Å²) < 4.78 is 6.27. The largest absolute Gasteiger partial charge is 0.411 e. The van der Waals surface area contributed by atoms with Gasteiger partial charge in [-0.15, -0.1) is 0 Å². The molecule has 1 aromatic rings. The van der Waals surface area contributed by atoms with E-state index in [2.05, 4.69) is 38.8 Å². The van der Waals surface area contributed by atoms with Gasteiger partial charge < -0.3 is 14.4 Å². The van der Waals surface area contributed by atoms with Crippen molar-refractivity contribution in [1.29, 1.82) is 0 Å². The number of carbonyl (C=O) groups excluding carboxylic acids is 1. The van der Waals surface area contributed by atoms with Crippen LogP contribution in [0.3, 0.4) is 0 Å². The number of hydrogen-bond donors (Lipinski definition) is 1. The number of aromatic nitrogens is 1. The molecule has 1 N–H and O–H groups in total. The predicted octanol–water partition coefficient (Wildman–Crippen LogP) is 3.59. The Morgan fingerprint density at radius 3 is 2.76 bits per heavy atom. The summed E-state index contributed by atoms with van der Waals surface area (Å²) in [4.78, 5) is 19.3. The van der Waals surface area contributed by atoms with Crippen LogP contribution in [0.25, 0.3) is 0 Å². The minimum absolute atomic E-state index is 0.0157. The monoisotopic (exact) mass is 364 g/mol. The van der Waals surface area contributed by atoms with Crippen LogP contribution in [0, 0.1) is 0 Å². The van der Waals surface area contributed by atoms with Crippen LogP contribution in [-0.4, -0.2) is 48.4 Å². The van der Waals surface area contributed by atoms with Gasteiger partial charge in [0.05, 0.1) is 30.5 Å². The zero-order valence-electron chi connectivity index (χ0n) is 16.2. The Kier molecular flexibility index (Phi) is 6.40. The lowest BCUT2D eigenvalue weighted by atomic mass is 10.0. The minimum Gasteiger partial charge on any atom is -0.411 e. The molecule has 1 aliphatic heterocycles. The molecule has 5 nitrogen and oxygen atoms in total. The Morgan fingerprint density at radius 1 is 1.40 bits per heavy atom. The van der Waals surface area contributed by atoms with Gasteiger partial charge in [-0.2, -0.15) is 0 Å². The zero-order valence-corrected chi connectivity index (χ0v) is 17.2. The predicted molar refractivity (Wildman–Crippen MR) is 102 cm³/mol. The van der Waals surface area contributed by atoms with Crippen molar-refractivity contribution in [2.75, 3.05) is 13.2 Å². The van der Waals surface area contributed by atoms with Gasteiger partial charge in [0.15, 0.2) is 8.32 Å². The summed E-state index contributed by atoms with van der Waals surface area (Å²) >= 11 is 0. The van der Waals surface area contributed by atoms with Crippen LogP contribution in [0.5, 0.6) is 0 Å². The van der Waals surface area contributed by atoms with E-state index in [1.807, 2.05) is 6.07 Å². The number of rotatable bonds is 5. The first kappa shape index (κ1) is 20.1. The number of piperidine rings is 1. The molecule has 0 aromatic carbocycles. The summed E-state index contributed by atoms with van der Waals surface area (Å²) in [5.74, 6) is -0.0410. The molecule has 1 amide bonds. The summed E-state index contributed by atoms with van der Waals surface area (Å²) in [5.41, 5.74) is 1.29. The number of aliphatic hydroxyl groups is 1. The summed E-state index contributed by atoms with van der Waals surface area (Å²) in [6.45, 7) is 12.1. The molecule has 0 saturated carbocycles. The maximum absolute atomic E-state index is 13.0. The maximum Gasteiger partial charge on any atom is 0.256 e. The quantitative estimate of drug-likeness (QED) is 0.811. The van der Waals surface area contributed by atoms with Crippen molar-refractivity contribution in [1.82, 2.24) is 9.88 Å². The van der Waals surface area contributed by atoms with E-state index >= 15 is 0 Å². The third kappa shape index (κ3) is 4.68. The van der Waals surface area contributed by atoms with E-state index in [0.29, 0.717) is 24.4 Å². The Balaban J connectivity index is 2.18. The van der Waals surface area contributed by atoms with E-state index in [1.165, 1.54) is 0 Å². The standard InChI is InChI=1S/C19H32N2O3Si/c1-19(2,3)25(4,5)24-14-17-16(10-8-11-20-17)18(23)21-12-7-6-9-15(21)13-22/h8,10-11,15,22H,6-7,9,12-14H2,1-5H3/t15-/m0/s1. The number of pyridine rings is 1. The average Bonchev–Trinajstić information content (AvgIpc) is 2.58. The first-order chi connectivity index (χ1) is 11.7. The van der Waals surface area contributed by atoms with E-state index in [1.54, 1.807) is 17.2 Å².